The molecule has 146 valence electrons. The highest BCUT2D eigenvalue weighted by molar-refractivity contribution is 5.92. The SMILES string of the molecule is O=C(c1coc(COc2cccc(C(F)(F)F)c2)n1)N1CCC[C@H](CO)C1. The number of alkyl halides is 3. The maximum atomic E-state index is 12.7. The summed E-state index contributed by atoms with van der Waals surface area (Å²) in [5.74, 6) is -0.135. The van der Waals surface area contributed by atoms with Crippen LogP contribution >= 0.6 is 0 Å². The summed E-state index contributed by atoms with van der Waals surface area (Å²) in [5, 5.41) is 9.25. The third-order valence-electron chi connectivity index (χ3n) is 4.36. The van der Waals surface area contributed by atoms with Crippen LogP contribution in [0.25, 0.3) is 0 Å². The summed E-state index contributed by atoms with van der Waals surface area (Å²) in [6, 6.07) is 4.48. The number of benzene rings is 1. The molecule has 1 atom stereocenters. The van der Waals surface area contributed by atoms with Gasteiger partial charge in [-0.3, -0.25) is 4.79 Å². The van der Waals surface area contributed by atoms with Crippen LogP contribution < -0.4 is 4.74 Å². The van der Waals surface area contributed by atoms with Gasteiger partial charge >= 0.3 is 6.18 Å². The lowest BCUT2D eigenvalue weighted by atomic mass is 9.99. The van der Waals surface area contributed by atoms with E-state index in [1.807, 2.05) is 0 Å². The zero-order valence-electron chi connectivity index (χ0n) is 14.4. The van der Waals surface area contributed by atoms with Gasteiger partial charge in [0.2, 0.25) is 5.89 Å². The number of nitrogens with zero attached hydrogens (tertiary/aromatic N) is 2. The predicted molar refractivity (Wildman–Crippen MR) is 88.0 cm³/mol. The van der Waals surface area contributed by atoms with Gasteiger partial charge in [-0.2, -0.15) is 13.2 Å². The van der Waals surface area contributed by atoms with E-state index in [0.717, 1.165) is 25.0 Å². The molecule has 1 aromatic heterocycles. The normalized spacial score (nSPS) is 17.8. The van der Waals surface area contributed by atoms with E-state index in [0.29, 0.717) is 13.1 Å². The van der Waals surface area contributed by atoms with E-state index in [4.69, 9.17) is 9.15 Å². The molecule has 0 saturated carbocycles. The highest BCUT2D eigenvalue weighted by Gasteiger charge is 2.30. The fraction of sp³-hybridized carbons (Fsp3) is 0.444. The van der Waals surface area contributed by atoms with E-state index in [9.17, 15) is 23.1 Å². The van der Waals surface area contributed by atoms with Gasteiger partial charge in [-0.15, -0.1) is 0 Å². The van der Waals surface area contributed by atoms with Crippen molar-refractivity contribution in [3.8, 4) is 5.75 Å². The lowest BCUT2D eigenvalue weighted by Gasteiger charge is -2.31. The topological polar surface area (TPSA) is 75.8 Å². The van der Waals surface area contributed by atoms with E-state index in [-0.39, 0.29) is 42.4 Å². The number of carbonyl (C=O) groups is 1. The number of amides is 1. The lowest BCUT2D eigenvalue weighted by Crippen LogP contribution is -2.41. The Morgan fingerprint density at radius 2 is 2.22 bits per heavy atom. The number of piperidine rings is 1. The molecular formula is C18H19F3N2O4. The molecule has 27 heavy (non-hydrogen) atoms. The zero-order chi connectivity index (χ0) is 19.4. The molecule has 0 unspecified atom stereocenters. The Labute approximate surface area is 153 Å². The van der Waals surface area contributed by atoms with Crippen molar-refractivity contribution >= 4 is 5.91 Å². The number of aliphatic hydroxyl groups excluding tert-OH is 1. The van der Waals surface area contributed by atoms with E-state index in [1.54, 1.807) is 4.90 Å². The van der Waals surface area contributed by atoms with Crippen molar-refractivity contribution in [2.45, 2.75) is 25.6 Å². The van der Waals surface area contributed by atoms with E-state index in [1.165, 1.54) is 18.4 Å². The van der Waals surface area contributed by atoms with Crippen molar-refractivity contribution in [1.29, 1.82) is 0 Å². The van der Waals surface area contributed by atoms with Crippen molar-refractivity contribution < 1.29 is 32.2 Å². The number of carbonyl (C=O) groups excluding carboxylic acids is 1. The maximum Gasteiger partial charge on any atom is 0.416 e. The number of hydrogen-bond donors (Lipinski definition) is 1. The van der Waals surface area contributed by atoms with Crippen LogP contribution in [0.15, 0.2) is 34.9 Å². The third kappa shape index (κ3) is 4.79. The molecule has 0 spiro atoms. The zero-order valence-corrected chi connectivity index (χ0v) is 14.4. The first kappa shape index (κ1) is 19.2. The van der Waals surface area contributed by atoms with Crippen molar-refractivity contribution in [2.24, 2.45) is 5.92 Å². The third-order valence-corrected chi connectivity index (χ3v) is 4.36. The van der Waals surface area contributed by atoms with Crippen LogP contribution in [0.4, 0.5) is 13.2 Å². The number of aromatic nitrogens is 1. The molecule has 1 aromatic carbocycles. The van der Waals surface area contributed by atoms with Crippen LogP contribution in [0.5, 0.6) is 5.75 Å². The van der Waals surface area contributed by atoms with Crippen molar-refractivity contribution in [1.82, 2.24) is 9.88 Å². The second kappa shape index (κ2) is 7.99. The van der Waals surface area contributed by atoms with Crippen LogP contribution in [-0.2, 0) is 12.8 Å². The largest absolute Gasteiger partial charge is 0.484 e. The molecule has 1 fully saturated rings. The number of halogens is 3. The van der Waals surface area contributed by atoms with Gasteiger partial charge in [-0.1, -0.05) is 6.07 Å². The first-order chi connectivity index (χ1) is 12.9. The minimum absolute atomic E-state index is 0.0257. The molecular weight excluding hydrogens is 365 g/mol. The first-order valence-electron chi connectivity index (χ1n) is 8.51. The molecule has 1 N–H and O–H groups in total. The Bertz CT molecular complexity index is 791. The number of aliphatic hydroxyl groups is 1. The average Bonchev–Trinajstić information content (AvgIpc) is 3.14. The first-order valence-corrected chi connectivity index (χ1v) is 8.51. The second-order valence-electron chi connectivity index (χ2n) is 6.38. The highest BCUT2D eigenvalue weighted by atomic mass is 19.4. The summed E-state index contributed by atoms with van der Waals surface area (Å²) in [5.41, 5.74) is -0.706. The van der Waals surface area contributed by atoms with Crippen LogP contribution in [0.3, 0.4) is 0 Å². The summed E-state index contributed by atoms with van der Waals surface area (Å²) in [6.07, 6.45) is -1.58. The van der Waals surface area contributed by atoms with Gasteiger partial charge < -0.3 is 19.2 Å². The quantitative estimate of drug-likeness (QED) is 0.857. The predicted octanol–water partition coefficient (Wildman–Crippen LogP) is 3.12. The Balaban J connectivity index is 1.60. The van der Waals surface area contributed by atoms with Gasteiger partial charge in [0.15, 0.2) is 12.3 Å². The van der Waals surface area contributed by atoms with Crippen molar-refractivity contribution in [3.63, 3.8) is 0 Å². The van der Waals surface area contributed by atoms with Crippen LogP contribution in [0.2, 0.25) is 0 Å². The van der Waals surface area contributed by atoms with Crippen molar-refractivity contribution in [2.75, 3.05) is 19.7 Å². The number of hydrogen-bond acceptors (Lipinski definition) is 5. The fourth-order valence-corrected chi connectivity index (χ4v) is 2.94. The Morgan fingerprint density at radius 1 is 1.41 bits per heavy atom. The Hall–Kier alpha value is -2.55. The number of rotatable bonds is 5. The highest BCUT2D eigenvalue weighted by Crippen LogP contribution is 2.31. The molecule has 0 radical (unpaired) electrons. The minimum atomic E-state index is -4.46. The molecule has 2 heterocycles. The monoisotopic (exact) mass is 384 g/mol. The maximum absolute atomic E-state index is 12.7. The van der Waals surface area contributed by atoms with Crippen LogP contribution in [0, 0.1) is 5.92 Å². The summed E-state index contributed by atoms with van der Waals surface area (Å²) < 4.78 is 48.6. The van der Waals surface area contributed by atoms with Gasteiger partial charge in [0, 0.05) is 19.7 Å². The summed E-state index contributed by atoms with van der Waals surface area (Å²) in [6.45, 7) is 0.864. The Kier molecular flexibility index (Phi) is 5.69. The van der Waals surface area contributed by atoms with Crippen LogP contribution in [0.1, 0.15) is 34.8 Å². The molecule has 0 aliphatic carbocycles. The molecule has 3 rings (SSSR count). The van der Waals surface area contributed by atoms with Gasteiger partial charge in [0.25, 0.3) is 5.91 Å². The molecule has 6 nitrogen and oxygen atoms in total. The lowest BCUT2D eigenvalue weighted by molar-refractivity contribution is -0.137. The summed E-state index contributed by atoms with van der Waals surface area (Å²) >= 11 is 0. The number of likely N-dealkylation sites (tertiary alicyclic amines) is 1. The molecule has 1 aliphatic heterocycles. The number of oxazole rings is 1. The summed E-state index contributed by atoms with van der Waals surface area (Å²) in [4.78, 5) is 18.1. The minimum Gasteiger partial charge on any atom is -0.484 e. The van der Waals surface area contributed by atoms with Gasteiger partial charge in [0.05, 0.1) is 5.56 Å². The van der Waals surface area contributed by atoms with E-state index >= 15 is 0 Å². The molecule has 1 amide bonds. The van der Waals surface area contributed by atoms with Gasteiger partial charge in [0.1, 0.15) is 12.0 Å². The smallest absolute Gasteiger partial charge is 0.416 e. The van der Waals surface area contributed by atoms with Crippen molar-refractivity contribution in [3.05, 3.63) is 47.7 Å². The fourth-order valence-electron chi connectivity index (χ4n) is 2.94. The number of ether oxygens (including phenoxy) is 1. The van der Waals surface area contributed by atoms with Gasteiger partial charge in [-0.25, -0.2) is 4.98 Å². The van der Waals surface area contributed by atoms with Gasteiger partial charge in [-0.05, 0) is 37.0 Å². The molecule has 2 aromatic rings. The standard InChI is InChI=1S/C18H19F3N2O4/c19-18(20,21)13-4-1-5-14(7-13)26-11-16-22-15(10-27-16)17(25)23-6-2-3-12(8-23)9-24/h1,4-5,7,10,12,24H,2-3,6,8-9,11H2/t12-/m0/s1. The molecule has 9 heteroatoms. The summed E-state index contributed by atoms with van der Waals surface area (Å²) in [7, 11) is 0. The van der Waals surface area contributed by atoms with Crippen LogP contribution in [-0.4, -0.2) is 40.6 Å². The Morgan fingerprint density at radius 3 is 2.96 bits per heavy atom. The average molecular weight is 384 g/mol. The van der Waals surface area contributed by atoms with E-state index < -0.39 is 11.7 Å². The molecule has 0 bridgehead atoms. The second-order valence-corrected chi connectivity index (χ2v) is 6.38. The van der Waals surface area contributed by atoms with E-state index in [2.05, 4.69) is 4.98 Å². The molecule has 1 aliphatic rings. The molecule has 1 saturated heterocycles.